The van der Waals surface area contributed by atoms with Crippen molar-refractivity contribution in [2.24, 2.45) is 0 Å². The number of esters is 3. The molecule has 0 aliphatic rings. The molecule has 1 aromatic carbocycles. The van der Waals surface area contributed by atoms with Gasteiger partial charge in [-0.05, 0) is 37.5 Å². The van der Waals surface area contributed by atoms with E-state index < -0.39 is 17.9 Å². The van der Waals surface area contributed by atoms with Gasteiger partial charge in [0.05, 0.1) is 36.5 Å². The summed E-state index contributed by atoms with van der Waals surface area (Å²) < 4.78 is 16.4. The molecule has 0 radical (unpaired) electrons. The molecule has 1 aromatic rings. The molecule has 41 heavy (non-hydrogen) atoms. The summed E-state index contributed by atoms with van der Waals surface area (Å²) >= 11 is 0. The van der Waals surface area contributed by atoms with Gasteiger partial charge in [0.25, 0.3) is 0 Å². The van der Waals surface area contributed by atoms with Crippen molar-refractivity contribution in [1.82, 2.24) is 0 Å². The van der Waals surface area contributed by atoms with E-state index in [1.54, 1.807) is 0 Å². The van der Waals surface area contributed by atoms with Gasteiger partial charge in [-0.1, -0.05) is 130 Å². The highest BCUT2D eigenvalue weighted by Crippen LogP contribution is 2.18. The van der Waals surface area contributed by atoms with E-state index in [4.69, 9.17) is 14.2 Å². The summed E-state index contributed by atoms with van der Waals surface area (Å²) in [4.78, 5) is 38.6. The Hall–Kier alpha value is -2.37. The van der Waals surface area contributed by atoms with Gasteiger partial charge < -0.3 is 14.2 Å². The molecule has 0 bridgehead atoms. The van der Waals surface area contributed by atoms with Crippen molar-refractivity contribution in [3.63, 3.8) is 0 Å². The van der Waals surface area contributed by atoms with Crippen LogP contribution in [-0.4, -0.2) is 37.7 Å². The second kappa shape index (κ2) is 25.3. The van der Waals surface area contributed by atoms with E-state index in [2.05, 4.69) is 20.8 Å². The third-order valence-corrected chi connectivity index (χ3v) is 7.39. The molecule has 0 atom stereocenters. The fourth-order valence-corrected chi connectivity index (χ4v) is 4.75. The summed E-state index contributed by atoms with van der Waals surface area (Å²) in [6, 6.07) is 4.43. The molecule has 0 saturated heterocycles. The van der Waals surface area contributed by atoms with Gasteiger partial charge in [-0.3, -0.25) is 0 Å². The summed E-state index contributed by atoms with van der Waals surface area (Å²) in [5.74, 6) is -1.67. The summed E-state index contributed by atoms with van der Waals surface area (Å²) in [6.07, 6.45) is 22.3. The van der Waals surface area contributed by atoms with Crippen LogP contribution >= 0.6 is 0 Å². The lowest BCUT2D eigenvalue weighted by molar-refractivity contribution is 0.0448. The Morgan fingerprint density at radius 1 is 0.439 bits per heavy atom. The minimum atomic E-state index is -0.609. The fraction of sp³-hybridized carbons (Fsp3) is 0.743. The second-order valence-corrected chi connectivity index (χ2v) is 11.2. The predicted octanol–water partition coefficient (Wildman–Crippen LogP) is 10.0. The molecule has 6 heteroatoms. The molecule has 0 heterocycles. The number of unbranched alkanes of at least 4 members (excludes halogenated alkanes) is 17. The van der Waals surface area contributed by atoms with Crippen LogP contribution in [-0.2, 0) is 14.2 Å². The van der Waals surface area contributed by atoms with Crippen LogP contribution in [0.25, 0.3) is 0 Å². The highest BCUT2D eigenvalue weighted by Gasteiger charge is 2.22. The molecule has 6 nitrogen and oxygen atoms in total. The molecule has 0 spiro atoms. The number of carbonyl (C=O) groups is 3. The largest absolute Gasteiger partial charge is 0.462 e. The highest BCUT2D eigenvalue weighted by molar-refractivity contribution is 6.05. The lowest BCUT2D eigenvalue weighted by atomic mass is 10.0. The minimum absolute atomic E-state index is 0.0606. The van der Waals surface area contributed by atoms with E-state index in [9.17, 15) is 14.4 Å². The Kier molecular flexibility index (Phi) is 22.7. The van der Waals surface area contributed by atoms with Crippen molar-refractivity contribution >= 4 is 17.9 Å². The molecule has 234 valence electrons. The van der Waals surface area contributed by atoms with Crippen molar-refractivity contribution in [2.75, 3.05) is 19.8 Å². The first-order chi connectivity index (χ1) is 20.0. The topological polar surface area (TPSA) is 78.9 Å². The van der Waals surface area contributed by atoms with Crippen LogP contribution in [0.2, 0.25) is 0 Å². The van der Waals surface area contributed by atoms with E-state index in [1.165, 1.54) is 88.8 Å². The van der Waals surface area contributed by atoms with Crippen LogP contribution in [0.15, 0.2) is 18.2 Å². The Morgan fingerprint density at radius 2 is 0.780 bits per heavy atom. The fourth-order valence-electron chi connectivity index (χ4n) is 4.75. The van der Waals surface area contributed by atoms with E-state index in [-0.39, 0.29) is 23.3 Å². The Balaban J connectivity index is 2.68. The Morgan fingerprint density at radius 3 is 1.20 bits per heavy atom. The predicted molar refractivity (Wildman–Crippen MR) is 167 cm³/mol. The number of carbonyl (C=O) groups excluding carboxylic acids is 3. The molecular formula is C35H58O6. The summed E-state index contributed by atoms with van der Waals surface area (Å²) in [6.45, 7) is 7.50. The van der Waals surface area contributed by atoms with Crippen LogP contribution < -0.4 is 0 Å². The third kappa shape index (κ3) is 17.9. The van der Waals surface area contributed by atoms with Crippen molar-refractivity contribution in [2.45, 2.75) is 149 Å². The quantitative estimate of drug-likeness (QED) is 0.0622. The average molecular weight is 575 g/mol. The molecule has 0 fully saturated rings. The van der Waals surface area contributed by atoms with Gasteiger partial charge in [0.1, 0.15) is 0 Å². The summed E-state index contributed by atoms with van der Waals surface area (Å²) in [5.41, 5.74) is 0.428. The van der Waals surface area contributed by atoms with Gasteiger partial charge in [-0.15, -0.1) is 0 Å². The Bertz CT molecular complexity index is 834. The smallest absolute Gasteiger partial charge is 0.339 e. The van der Waals surface area contributed by atoms with Crippen LogP contribution in [0.3, 0.4) is 0 Å². The molecule has 0 aliphatic carbocycles. The molecule has 0 aromatic heterocycles. The van der Waals surface area contributed by atoms with Gasteiger partial charge in [-0.25, -0.2) is 14.4 Å². The second-order valence-electron chi connectivity index (χ2n) is 11.2. The number of benzene rings is 1. The molecular weight excluding hydrogens is 516 g/mol. The Labute approximate surface area is 250 Å². The number of hydrogen-bond donors (Lipinski definition) is 0. The monoisotopic (exact) mass is 574 g/mol. The third-order valence-electron chi connectivity index (χ3n) is 7.39. The van der Waals surface area contributed by atoms with Crippen molar-refractivity contribution in [3.05, 3.63) is 34.9 Å². The highest BCUT2D eigenvalue weighted by atomic mass is 16.5. The lowest BCUT2D eigenvalue weighted by Gasteiger charge is -2.12. The van der Waals surface area contributed by atoms with Crippen molar-refractivity contribution in [3.8, 4) is 0 Å². The summed E-state index contributed by atoms with van der Waals surface area (Å²) in [7, 11) is 0. The molecule has 0 N–H and O–H groups in total. The van der Waals surface area contributed by atoms with Gasteiger partial charge in [0.2, 0.25) is 0 Å². The van der Waals surface area contributed by atoms with E-state index >= 15 is 0 Å². The van der Waals surface area contributed by atoms with E-state index in [0.717, 1.165) is 57.8 Å². The van der Waals surface area contributed by atoms with Gasteiger partial charge >= 0.3 is 17.9 Å². The van der Waals surface area contributed by atoms with Crippen molar-refractivity contribution < 1.29 is 28.6 Å². The molecule has 0 amide bonds. The van der Waals surface area contributed by atoms with Crippen LogP contribution in [0.1, 0.15) is 180 Å². The maximum Gasteiger partial charge on any atom is 0.339 e. The zero-order chi connectivity index (χ0) is 30.0. The SMILES string of the molecule is CCCCCCCCCCOC(=O)c1ccc(C(=O)OCCCCCCCC)c(C(=O)OCCCCCCCC)c1. The standard InChI is InChI=1S/C35H58O6/c1-4-7-10-13-16-17-20-21-26-39-33(36)30-24-25-31(34(37)40-27-22-18-14-11-8-5-2)32(29-30)35(38)41-28-23-19-15-12-9-6-3/h24-25,29H,4-23,26-28H2,1-3H3. The van der Waals surface area contributed by atoms with E-state index in [1.807, 2.05) is 0 Å². The summed E-state index contributed by atoms with van der Waals surface area (Å²) in [5, 5.41) is 0. The number of rotatable bonds is 26. The zero-order valence-corrected chi connectivity index (χ0v) is 26.4. The van der Waals surface area contributed by atoms with Gasteiger partial charge in [-0.2, -0.15) is 0 Å². The zero-order valence-electron chi connectivity index (χ0n) is 26.4. The lowest BCUT2D eigenvalue weighted by Crippen LogP contribution is -2.17. The molecule has 1 rings (SSSR count). The maximum absolute atomic E-state index is 13.0. The molecule has 0 aliphatic heterocycles. The molecule has 0 unspecified atom stereocenters. The number of hydrogen-bond acceptors (Lipinski definition) is 6. The van der Waals surface area contributed by atoms with Crippen molar-refractivity contribution in [1.29, 1.82) is 0 Å². The maximum atomic E-state index is 13.0. The normalized spacial score (nSPS) is 10.9. The van der Waals surface area contributed by atoms with E-state index in [0.29, 0.717) is 13.2 Å². The minimum Gasteiger partial charge on any atom is -0.462 e. The molecule has 0 saturated carbocycles. The average Bonchev–Trinajstić information content (AvgIpc) is 2.98. The van der Waals surface area contributed by atoms with Crippen LogP contribution in [0.4, 0.5) is 0 Å². The number of ether oxygens (including phenoxy) is 3. The van der Waals surface area contributed by atoms with Gasteiger partial charge in [0, 0.05) is 0 Å². The van der Waals surface area contributed by atoms with Crippen LogP contribution in [0, 0.1) is 0 Å². The van der Waals surface area contributed by atoms with Crippen LogP contribution in [0.5, 0.6) is 0 Å². The first-order valence-electron chi connectivity index (χ1n) is 16.7. The first-order valence-corrected chi connectivity index (χ1v) is 16.7. The first kappa shape index (κ1) is 36.7. The van der Waals surface area contributed by atoms with Gasteiger partial charge in [0.15, 0.2) is 0 Å².